The van der Waals surface area contributed by atoms with Gasteiger partial charge in [0.2, 0.25) is 0 Å². The van der Waals surface area contributed by atoms with Crippen LogP contribution in [0.3, 0.4) is 0 Å². The molecule has 0 saturated heterocycles. The van der Waals surface area contributed by atoms with Gasteiger partial charge in [-0.3, -0.25) is 9.38 Å². The molecule has 0 aliphatic carbocycles. The number of hydrogen-bond acceptors (Lipinski definition) is 5. The van der Waals surface area contributed by atoms with Gasteiger partial charge in [-0.05, 0) is 31.2 Å². The van der Waals surface area contributed by atoms with Crippen molar-refractivity contribution in [1.29, 1.82) is 5.26 Å². The van der Waals surface area contributed by atoms with E-state index in [2.05, 4.69) is 16.0 Å². The lowest BCUT2D eigenvalue weighted by molar-refractivity contribution is 0.0526. The minimum atomic E-state index is -0.338. The molecule has 2 aromatic heterocycles. The molecular weight excluding hydrogens is 352 g/mol. The van der Waals surface area contributed by atoms with Crippen molar-refractivity contribution in [3.05, 3.63) is 78.2 Å². The largest absolute Gasteiger partial charge is 0.462 e. The van der Waals surface area contributed by atoms with Gasteiger partial charge in [-0.2, -0.15) is 5.26 Å². The summed E-state index contributed by atoms with van der Waals surface area (Å²) < 4.78 is 6.98. The van der Waals surface area contributed by atoms with Crippen molar-refractivity contribution >= 4 is 11.6 Å². The molecule has 6 heteroatoms. The van der Waals surface area contributed by atoms with Crippen LogP contribution in [-0.2, 0) is 4.74 Å². The van der Waals surface area contributed by atoms with Crippen LogP contribution in [0, 0.1) is 11.3 Å². The van der Waals surface area contributed by atoms with Gasteiger partial charge in [-0.15, -0.1) is 0 Å². The van der Waals surface area contributed by atoms with E-state index in [9.17, 15) is 4.79 Å². The van der Waals surface area contributed by atoms with Crippen LogP contribution >= 0.6 is 0 Å². The summed E-state index contributed by atoms with van der Waals surface area (Å²) in [5.74, 6) is -0.338. The highest BCUT2D eigenvalue weighted by atomic mass is 16.5. The van der Waals surface area contributed by atoms with Crippen LogP contribution in [0.1, 0.15) is 22.8 Å². The monoisotopic (exact) mass is 368 g/mol. The standard InChI is InChI=1S/C22H16N4O2/c1-2-28-22(27)18-9-7-16(8-10-18)19-14-26-20(12-25-21(26)13-24-19)17-5-3-15(11-23)4-6-17/h3-10,12-14H,2H2,1H3. The van der Waals surface area contributed by atoms with E-state index in [-0.39, 0.29) is 5.97 Å². The van der Waals surface area contributed by atoms with Gasteiger partial charge in [0.15, 0.2) is 5.65 Å². The lowest BCUT2D eigenvalue weighted by Gasteiger charge is -2.06. The van der Waals surface area contributed by atoms with E-state index in [1.807, 2.05) is 34.9 Å². The Morgan fingerprint density at radius 1 is 1.04 bits per heavy atom. The zero-order chi connectivity index (χ0) is 19.5. The van der Waals surface area contributed by atoms with Crippen LogP contribution in [0.15, 0.2) is 67.1 Å². The summed E-state index contributed by atoms with van der Waals surface area (Å²) in [4.78, 5) is 20.7. The van der Waals surface area contributed by atoms with Crippen molar-refractivity contribution < 1.29 is 9.53 Å². The third-order valence-electron chi connectivity index (χ3n) is 4.40. The normalized spacial score (nSPS) is 10.6. The van der Waals surface area contributed by atoms with Crippen LogP contribution in [0.2, 0.25) is 0 Å². The maximum Gasteiger partial charge on any atom is 0.338 e. The first-order chi connectivity index (χ1) is 13.7. The Bertz CT molecular complexity index is 1190. The zero-order valence-corrected chi connectivity index (χ0v) is 15.2. The Morgan fingerprint density at radius 2 is 1.75 bits per heavy atom. The van der Waals surface area contributed by atoms with Gasteiger partial charge in [-0.1, -0.05) is 24.3 Å². The third-order valence-corrected chi connectivity index (χ3v) is 4.40. The van der Waals surface area contributed by atoms with Gasteiger partial charge in [0.25, 0.3) is 0 Å². The summed E-state index contributed by atoms with van der Waals surface area (Å²) in [6.45, 7) is 2.12. The number of rotatable bonds is 4. The number of imidazole rings is 1. The number of nitrogens with zero attached hydrogens (tertiary/aromatic N) is 4. The highest BCUT2D eigenvalue weighted by Gasteiger charge is 2.10. The van der Waals surface area contributed by atoms with Crippen LogP contribution in [-0.4, -0.2) is 26.9 Å². The molecule has 0 atom stereocenters. The molecule has 28 heavy (non-hydrogen) atoms. The minimum Gasteiger partial charge on any atom is -0.462 e. The van der Waals surface area contributed by atoms with Crippen molar-refractivity contribution in [1.82, 2.24) is 14.4 Å². The summed E-state index contributed by atoms with van der Waals surface area (Å²) in [6.07, 6.45) is 5.41. The molecule has 136 valence electrons. The number of aromatic nitrogens is 3. The second-order valence-corrected chi connectivity index (χ2v) is 6.13. The van der Waals surface area contributed by atoms with E-state index in [1.165, 1.54) is 0 Å². The Labute approximate surface area is 161 Å². The molecule has 0 amide bonds. The summed E-state index contributed by atoms with van der Waals surface area (Å²) in [5.41, 5.74) is 5.36. The zero-order valence-electron chi connectivity index (χ0n) is 15.2. The fraction of sp³-hybridized carbons (Fsp3) is 0.0909. The average molecular weight is 368 g/mol. The van der Waals surface area contributed by atoms with Crippen molar-refractivity contribution in [3.8, 4) is 28.6 Å². The van der Waals surface area contributed by atoms with Crippen molar-refractivity contribution in [2.75, 3.05) is 6.61 Å². The minimum absolute atomic E-state index is 0.338. The van der Waals surface area contributed by atoms with Gasteiger partial charge >= 0.3 is 5.97 Å². The van der Waals surface area contributed by atoms with Gasteiger partial charge in [-0.25, -0.2) is 9.78 Å². The fourth-order valence-corrected chi connectivity index (χ4v) is 2.96. The lowest BCUT2D eigenvalue weighted by Crippen LogP contribution is -2.04. The molecule has 0 aliphatic heterocycles. The third kappa shape index (κ3) is 3.21. The molecule has 0 fully saturated rings. The molecule has 0 saturated carbocycles. The first kappa shape index (κ1) is 17.4. The molecule has 4 rings (SSSR count). The van der Waals surface area contributed by atoms with Crippen LogP contribution in [0.25, 0.3) is 28.2 Å². The molecule has 6 nitrogen and oxygen atoms in total. The lowest BCUT2D eigenvalue weighted by atomic mass is 10.1. The van der Waals surface area contributed by atoms with E-state index in [0.717, 1.165) is 28.2 Å². The first-order valence-corrected chi connectivity index (χ1v) is 8.81. The Balaban J connectivity index is 1.71. The predicted octanol–water partition coefficient (Wildman–Crippen LogP) is 4.11. The highest BCUT2D eigenvalue weighted by molar-refractivity contribution is 5.90. The molecule has 0 radical (unpaired) electrons. The van der Waals surface area contributed by atoms with Crippen molar-refractivity contribution in [2.24, 2.45) is 0 Å². The number of esters is 1. The number of carbonyl (C=O) groups excluding carboxylic acids is 1. The molecular formula is C22H16N4O2. The first-order valence-electron chi connectivity index (χ1n) is 8.81. The molecule has 0 N–H and O–H groups in total. The number of benzene rings is 2. The second-order valence-electron chi connectivity index (χ2n) is 6.13. The maximum absolute atomic E-state index is 11.8. The van der Waals surface area contributed by atoms with Gasteiger partial charge < -0.3 is 4.74 Å². The van der Waals surface area contributed by atoms with E-state index in [4.69, 9.17) is 10.00 Å². The number of carbonyl (C=O) groups is 1. The summed E-state index contributed by atoms with van der Waals surface area (Å²) >= 11 is 0. The van der Waals surface area contributed by atoms with Gasteiger partial charge in [0.1, 0.15) is 0 Å². The van der Waals surface area contributed by atoms with Crippen LogP contribution in [0.4, 0.5) is 0 Å². The molecule has 4 aromatic rings. The summed E-state index contributed by atoms with van der Waals surface area (Å²) in [5, 5.41) is 8.97. The average Bonchev–Trinajstić information content (AvgIpc) is 3.17. The number of ether oxygens (including phenoxy) is 1. The Morgan fingerprint density at radius 3 is 2.43 bits per heavy atom. The summed E-state index contributed by atoms with van der Waals surface area (Å²) in [7, 11) is 0. The SMILES string of the molecule is CCOC(=O)c1ccc(-c2cn3c(-c4ccc(C#N)cc4)cnc3cn2)cc1. The van der Waals surface area contributed by atoms with Crippen molar-refractivity contribution in [2.45, 2.75) is 6.92 Å². The molecule has 2 heterocycles. The number of fused-ring (bicyclic) bond motifs is 1. The second kappa shape index (κ2) is 7.33. The number of nitriles is 1. The number of hydrogen-bond donors (Lipinski definition) is 0. The van der Waals surface area contributed by atoms with E-state index < -0.39 is 0 Å². The predicted molar refractivity (Wildman–Crippen MR) is 105 cm³/mol. The topological polar surface area (TPSA) is 80.3 Å². The van der Waals surface area contributed by atoms with E-state index in [0.29, 0.717) is 17.7 Å². The van der Waals surface area contributed by atoms with Crippen molar-refractivity contribution in [3.63, 3.8) is 0 Å². The Hall–Kier alpha value is -3.98. The van der Waals surface area contributed by atoms with Gasteiger partial charge in [0, 0.05) is 17.3 Å². The molecule has 0 aliphatic rings. The maximum atomic E-state index is 11.8. The highest BCUT2D eigenvalue weighted by Crippen LogP contribution is 2.24. The molecule has 0 unspecified atom stereocenters. The molecule has 0 spiro atoms. The van der Waals surface area contributed by atoms with Crippen LogP contribution in [0.5, 0.6) is 0 Å². The fourth-order valence-electron chi connectivity index (χ4n) is 2.96. The van der Waals surface area contributed by atoms with E-state index in [1.54, 1.807) is 43.6 Å². The van der Waals surface area contributed by atoms with Gasteiger partial charge in [0.05, 0.1) is 47.6 Å². The molecule has 2 aromatic carbocycles. The smallest absolute Gasteiger partial charge is 0.338 e. The Kier molecular flexibility index (Phi) is 4.56. The summed E-state index contributed by atoms with van der Waals surface area (Å²) in [6, 6.07) is 16.6. The quantitative estimate of drug-likeness (QED) is 0.506. The van der Waals surface area contributed by atoms with Crippen LogP contribution < -0.4 is 0 Å². The molecule has 0 bridgehead atoms. The van der Waals surface area contributed by atoms with E-state index >= 15 is 0 Å².